The van der Waals surface area contributed by atoms with E-state index < -0.39 is 5.60 Å². The molecule has 9 heteroatoms. The lowest BCUT2D eigenvalue weighted by Crippen LogP contribution is -2.46. The van der Waals surface area contributed by atoms with Gasteiger partial charge >= 0.3 is 0 Å². The number of rotatable bonds is 6. The molecule has 3 aromatic rings. The molecule has 1 fully saturated rings. The average molecular weight is 399 g/mol. The number of methoxy groups -OCH3 is 1. The van der Waals surface area contributed by atoms with Crippen LogP contribution in [0.5, 0.6) is 0 Å². The van der Waals surface area contributed by atoms with Crippen LogP contribution in [-0.4, -0.2) is 51.1 Å². The lowest BCUT2D eigenvalue weighted by atomic mass is 9.90. The van der Waals surface area contributed by atoms with Crippen molar-refractivity contribution in [3.8, 4) is 11.5 Å². The molecule has 1 saturated heterocycles. The summed E-state index contributed by atoms with van der Waals surface area (Å²) in [5.41, 5.74) is -0.0230. The van der Waals surface area contributed by atoms with Crippen LogP contribution in [0.2, 0.25) is 0 Å². The Labute approximate surface area is 166 Å². The Morgan fingerprint density at radius 3 is 2.82 bits per heavy atom. The first-order valence-corrected chi connectivity index (χ1v) is 10.0. The quantitative estimate of drug-likeness (QED) is 0.629. The minimum atomic E-state index is -0.674. The second kappa shape index (κ2) is 8.15. The maximum atomic E-state index is 12.5. The number of carbonyl (C=O) groups is 1. The highest BCUT2D eigenvalue weighted by Gasteiger charge is 2.42. The number of aryl methyl sites for hydroxylation is 1. The summed E-state index contributed by atoms with van der Waals surface area (Å²) >= 11 is 1.58. The molecule has 28 heavy (non-hydrogen) atoms. The number of likely N-dealkylation sites (tertiary alicyclic amines) is 1. The highest BCUT2D eigenvalue weighted by atomic mass is 32.1. The van der Waals surface area contributed by atoms with E-state index in [2.05, 4.69) is 20.1 Å². The maximum Gasteiger partial charge on any atom is 0.259 e. The summed E-state index contributed by atoms with van der Waals surface area (Å²) in [5, 5.41) is 6.97. The smallest absolute Gasteiger partial charge is 0.259 e. The molecule has 0 aliphatic carbocycles. The number of aromatic nitrogens is 4. The van der Waals surface area contributed by atoms with E-state index >= 15 is 0 Å². The Morgan fingerprint density at radius 2 is 2.14 bits per heavy atom. The first kappa shape index (κ1) is 18.7. The molecule has 4 rings (SSSR count). The van der Waals surface area contributed by atoms with Gasteiger partial charge in [-0.05, 0) is 12.1 Å². The number of nitrogens with zero attached hydrogens (tertiary/aromatic N) is 5. The zero-order valence-corrected chi connectivity index (χ0v) is 16.4. The fraction of sp³-hybridized carbons (Fsp3) is 0.421. The van der Waals surface area contributed by atoms with Gasteiger partial charge in [0, 0.05) is 63.7 Å². The topological polar surface area (TPSA) is 94.2 Å². The number of pyridine rings is 1. The Morgan fingerprint density at radius 1 is 1.29 bits per heavy atom. The predicted molar refractivity (Wildman–Crippen MR) is 102 cm³/mol. The molecule has 0 atom stereocenters. The number of hydrogen-bond acceptors (Lipinski definition) is 8. The number of thiazole rings is 1. The third-order valence-corrected chi connectivity index (χ3v) is 5.90. The summed E-state index contributed by atoms with van der Waals surface area (Å²) < 4.78 is 11.3. The second-order valence-corrected chi connectivity index (χ2v) is 7.62. The minimum absolute atomic E-state index is 0.139. The SMILES string of the molecule is COC1(c2nc(-c3ccccn3)no2)CCN(C(=O)CCc2nccs2)CC1. The molecule has 3 aromatic heterocycles. The molecule has 0 spiro atoms. The number of piperidine rings is 1. The van der Waals surface area contributed by atoms with Crippen molar-refractivity contribution in [2.45, 2.75) is 31.3 Å². The highest BCUT2D eigenvalue weighted by Crippen LogP contribution is 2.36. The van der Waals surface area contributed by atoms with Gasteiger partial charge in [-0.15, -0.1) is 11.3 Å². The van der Waals surface area contributed by atoms with Crippen molar-refractivity contribution < 1.29 is 14.1 Å². The van der Waals surface area contributed by atoms with Gasteiger partial charge in [0.15, 0.2) is 0 Å². The molecule has 0 saturated carbocycles. The number of ether oxygens (including phenoxy) is 1. The fourth-order valence-corrected chi connectivity index (χ4v) is 4.00. The molecule has 146 valence electrons. The molecule has 0 aromatic carbocycles. The van der Waals surface area contributed by atoms with Crippen molar-refractivity contribution in [2.75, 3.05) is 20.2 Å². The lowest BCUT2D eigenvalue weighted by molar-refractivity contribution is -0.139. The van der Waals surface area contributed by atoms with Gasteiger partial charge in [-0.1, -0.05) is 11.2 Å². The van der Waals surface area contributed by atoms with Gasteiger partial charge in [-0.25, -0.2) is 4.98 Å². The van der Waals surface area contributed by atoms with Crippen molar-refractivity contribution in [3.05, 3.63) is 46.9 Å². The molecule has 0 unspecified atom stereocenters. The first-order valence-electron chi connectivity index (χ1n) is 9.17. The van der Waals surface area contributed by atoms with E-state index in [-0.39, 0.29) is 5.91 Å². The van der Waals surface area contributed by atoms with Gasteiger partial charge < -0.3 is 14.2 Å². The maximum absolute atomic E-state index is 12.5. The third kappa shape index (κ3) is 3.81. The van der Waals surface area contributed by atoms with Crippen molar-refractivity contribution in [1.82, 2.24) is 25.0 Å². The normalized spacial score (nSPS) is 16.2. The Balaban J connectivity index is 1.40. The summed E-state index contributed by atoms with van der Waals surface area (Å²) in [4.78, 5) is 27.4. The Bertz CT molecular complexity index is 905. The monoisotopic (exact) mass is 399 g/mol. The molecule has 0 bridgehead atoms. The minimum Gasteiger partial charge on any atom is -0.368 e. The summed E-state index contributed by atoms with van der Waals surface area (Å²) in [5.74, 6) is 1.01. The van der Waals surface area contributed by atoms with Gasteiger partial charge in [0.2, 0.25) is 11.7 Å². The molecule has 0 radical (unpaired) electrons. The number of amides is 1. The highest BCUT2D eigenvalue weighted by molar-refractivity contribution is 7.09. The van der Waals surface area contributed by atoms with E-state index in [0.29, 0.717) is 56.2 Å². The molecule has 1 aliphatic heterocycles. The van der Waals surface area contributed by atoms with E-state index in [9.17, 15) is 4.79 Å². The standard InChI is InChI=1S/C19H21N5O3S/c1-26-19(18-22-17(23-27-18)14-4-2-3-9-20-14)7-11-24(12-8-19)16(25)6-5-15-21-10-13-28-15/h2-4,9-10,13H,5-8,11-12H2,1H3. The van der Waals surface area contributed by atoms with Crippen molar-refractivity contribution in [3.63, 3.8) is 0 Å². The number of carbonyl (C=O) groups excluding carboxylic acids is 1. The van der Waals surface area contributed by atoms with Crippen molar-refractivity contribution in [2.24, 2.45) is 0 Å². The molecule has 1 aliphatic rings. The van der Waals surface area contributed by atoms with Gasteiger partial charge in [0.1, 0.15) is 11.3 Å². The van der Waals surface area contributed by atoms with Crippen LogP contribution in [0.1, 0.15) is 30.2 Å². The third-order valence-electron chi connectivity index (χ3n) is 5.06. The van der Waals surface area contributed by atoms with Crippen LogP contribution in [0.4, 0.5) is 0 Å². The van der Waals surface area contributed by atoms with E-state index in [4.69, 9.17) is 9.26 Å². The largest absolute Gasteiger partial charge is 0.368 e. The van der Waals surface area contributed by atoms with Crippen LogP contribution in [0, 0.1) is 0 Å². The van der Waals surface area contributed by atoms with Crippen LogP contribution in [0.3, 0.4) is 0 Å². The summed E-state index contributed by atoms with van der Waals surface area (Å²) in [6.45, 7) is 1.18. The zero-order chi connectivity index (χ0) is 19.4. The number of hydrogen-bond donors (Lipinski definition) is 0. The van der Waals surface area contributed by atoms with E-state index in [1.807, 2.05) is 28.5 Å². The lowest BCUT2D eigenvalue weighted by Gasteiger charge is -2.38. The second-order valence-electron chi connectivity index (χ2n) is 6.64. The summed E-state index contributed by atoms with van der Waals surface area (Å²) in [7, 11) is 1.64. The summed E-state index contributed by atoms with van der Waals surface area (Å²) in [6.07, 6.45) is 5.82. The molecular formula is C19H21N5O3S. The van der Waals surface area contributed by atoms with Crippen LogP contribution in [0.25, 0.3) is 11.5 Å². The van der Waals surface area contributed by atoms with Gasteiger partial charge in [0.25, 0.3) is 5.89 Å². The Hall–Kier alpha value is -2.65. The van der Waals surface area contributed by atoms with Crippen molar-refractivity contribution in [1.29, 1.82) is 0 Å². The van der Waals surface area contributed by atoms with Crippen LogP contribution in [-0.2, 0) is 21.6 Å². The fourth-order valence-electron chi connectivity index (χ4n) is 3.38. The van der Waals surface area contributed by atoms with Gasteiger partial charge in [-0.3, -0.25) is 9.78 Å². The van der Waals surface area contributed by atoms with Crippen LogP contribution < -0.4 is 0 Å². The van der Waals surface area contributed by atoms with Crippen LogP contribution >= 0.6 is 11.3 Å². The van der Waals surface area contributed by atoms with Crippen molar-refractivity contribution >= 4 is 17.2 Å². The van der Waals surface area contributed by atoms with Gasteiger partial charge in [0.05, 0.1) is 5.01 Å². The Kier molecular flexibility index (Phi) is 5.45. The molecule has 8 nitrogen and oxygen atoms in total. The molecule has 1 amide bonds. The summed E-state index contributed by atoms with van der Waals surface area (Å²) in [6, 6.07) is 5.54. The average Bonchev–Trinajstić information content (AvgIpc) is 3.45. The molecule has 4 heterocycles. The van der Waals surface area contributed by atoms with E-state index in [0.717, 1.165) is 5.01 Å². The van der Waals surface area contributed by atoms with E-state index in [1.54, 1.807) is 30.8 Å². The van der Waals surface area contributed by atoms with Crippen LogP contribution in [0.15, 0.2) is 40.5 Å². The zero-order valence-electron chi connectivity index (χ0n) is 15.6. The first-order chi connectivity index (χ1) is 13.7. The molecular weight excluding hydrogens is 378 g/mol. The predicted octanol–water partition coefficient (Wildman–Crippen LogP) is 2.69. The van der Waals surface area contributed by atoms with Gasteiger partial charge in [-0.2, -0.15) is 4.98 Å². The molecule has 0 N–H and O–H groups in total. The van der Waals surface area contributed by atoms with E-state index in [1.165, 1.54) is 0 Å².